The molecule has 1 fully saturated rings. The highest BCUT2D eigenvalue weighted by molar-refractivity contribution is 5.32. The fourth-order valence-electron chi connectivity index (χ4n) is 3.04. The van der Waals surface area contributed by atoms with Gasteiger partial charge in [0.05, 0.1) is 5.60 Å². The monoisotopic (exact) mass is 261 g/mol. The van der Waals surface area contributed by atoms with Crippen LogP contribution in [-0.2, 0) is 4.74 Å². The van der Waals surface area contributed by atoms with Crippen molar-refractivity contribution in [3.05, 3.63) is 34.9 Å². The van der Waals surface area contributed by atoms with E-state index in [1.807, 2.05) is 0 Å². The molecule has 2 nitrogen and oxygen atoms in total. The maximum atomic E-state index is 5.79. The van der Waals surface area contributed by atoms with E-state index < -0.39 is 0 Å². The molecule has 0 spiro atoms. The molecule has 1 aliphatic rings. The molecule has 2 atom stereocenters. The number of hydrogen-bond donors (Lipinski definition) is 1. The van der Waals surface area contributed by atoms with Crippen LogP contribution in [0.15, 0.2) is 18.2 Å². The van der Waals surface area contributed by atoms with E-state index in [1.54, 1.807) is 0 Å². The minimum Gasteiger partial charge on any atom is -0.375 e. The average Bonchev–Trinajstić information content (AvgIpc) is 2.31. The average molecular weight is 261 g/mol. The zero-order valence-electron chi connectivity index (χ0n) is 12.9. The van der Waals surface area contributed by atoms with Crippen molar-refractivity contribution in [2.75, 3.05) is 6.61 Å². The Bertz CT molecular complexity index is 439. The van der Waals surface area contributed by atoms with E-state index in [9.17, 15) is 0 Å². The topological polar surface area (TPSA) is 21.3 Å². The molecule has 2 heteroatoms. The third-order valence-corrected chi connectivity index (χ3v) is 4.08. The second-order valence-electron chi connectivity index (χ2n) is 6.55. The molecule has 1 saturated heterocycles. The molecule has 19 heavy (non-hydrogen) atoms. The van der Waals surface area contributed by atoms with Gasteiger partial charge in [-0.25, -0.2) is 0 Å². The van der Waals surface area contributed by atoms with Crippen molar-refractivity contribution in [2.24, 2.45) is 0 Å². The third-order valence-electron chi connectivity index (χ3n) is 4.08. The summed E-state index contributed by atoms with van der Waals surface area (Å²) in [7, 11) is 0. The molecule has 2 unspecified atom stereocenters. The van der Waals surface area contributed by atoms with E-state index >= 15 is 0 Å². The molecule has 0 aliphatic carbocycles. The van der Waals surface area contributed by atoms with Crippen molar-refractivity contribution >= 4 is 0 Å². The van der Waals surface area contributed by atoms with Crippen molar-refractivity contribution in [3.63, 3.8) is 0 Å². The van der Waals surface area contributed by atoms with Gasteiger partial charge in [-0.1, -0.05) is 23.8 Å². The Morgan fingerprint density at radius 2 is 2.05 bits per heavy atom. The van der Waals surface area contributed by atoms with Gasteiger partial charge in [-0.05, 0) is 58.6 Å². The van der Waals surface area contributed by atoms with Crippen molar-refractivity contribution in [2.45, 2.75) is 65.1 Å². The van der Waals surface area contributed by atoms with E-state index in [1.165, 1.54) is 16.7 Å². The van der Waals surface area contributed by atoms with E-state index in [0.29, 0.717) is 12.1 Å². The van der Waals surface area contributed by atoms with Crippen LogP contribution >= 0.6 is 0 Å². The highest BCUT2D eigenvalue weighted by Gasteiger charge is 2.29. The van der Waals surface area contributed by atoms with Gasteiger partial charge in [0.2, 0.25) is 0 Å². The van der Waals surface area contributed by atoms with Gasteiger partial charge in [0, 0.05) is 18.7 Å². The Kier molecular flexibility index (Phi) is 4.32. The van der Waals surface area contributed by atoms with Crippen molar-refractivity contribution in [3.8, 4) is 0 Å². The summed E-state index contributed by atoms with van der Waals surface area (Å²) in [5, 5.41) is 3.78. The van der Waals surface area contributed by atoms with Crippen molar-refractivity contribution in [1.29, 1.82) is 0 Å². The number of benzene rings is 1. The quantitative estimate of drug-likeness (QED) is 0.890. The van der Waals surface area contributed by atoms with Gasteiger partial charge in [0.1, 0.15) is 0 Å². The molecule has 0 aromatic heterocycles. The summed E-state index contributed by atoms with van der Waals surface area (Å²) in [4.78, 5) is 0. The van der Waals surface area contributed by atoms with Gasteiger partial charge >= 0.3 is 0 Å². The second kappa shape index (κ2) is 5.64. The molecule has 1 heterocycles. The van der Waals surface area contributed by atoms with E-state index in [4.69, 9.17) is 4.74 Å². The van der Waals surface area contributed by atoms with Crippen LogP contribution in [0.1, 0.15) is 56.3 Å². The van der Waals surface area contributed by atoms with Gasteiger partial charge in [-0.3, -0.25) is 0 Å². The van der Waals surface area contributed by atoms with Gasteiger partial charge < -0.3 is 10.1 Å². The normalized spacial score (nSPS) is 24.2. The molecule has 1 aliphatic heterocycles. The first-order valence-corrected chi connectivity index (χ1v) is 7.34. The predicted molar refractivity (Wildman–Crippen MR) is 80.5 cm³/mol. The van der Waals surface area contributed by atoms with Crippen LogP contribution in [0.5, 0.6) is 0 Å². The molecule has 1 N–H and O–H groups in total. The van der Waals surface area contributed by atoms with Crippen LogP contribution in [0.2, 0.25) is 0 Å². The summed E-state index contributed by atoms with van der Waals surface area (Å²) < 4.78 is 5.79. The molecule has 0 radical (unpaired) electrons. The summed E-state index contributed by atoms with van der Waals surface area (Å²) in [5.41, 5.74) is 4.14. The van der Waals surface area contributed by atoms with Gasteiger partial charge in [0.25, 0.3) is 0 Å². The van der Waals surface area contributed by atoms with Gasteiger partial charge in [-0.15, -0.1) is 0 Å². The number of rotatable bonds is 3. The molecular formula is C17H27NO. The minimum atomic E-state index is 0.0112. The number of nitrogens with one attached hydrogen (secondary N) is 1. The van der Waals surface area contributed by atoms with Gasteiger partial charge in [-0.2, -0.15) is 0 Å². The van der Waals surface area contributed by atoms with Crippen LogP contribution in [0.4, 0.5) is 0 Å². The van der Waals surface area contributed by atoms with Crippen LogP contribution in [0.25, 0.3) is 0 Å². The zero-order valence-corrected chi connectivity index (χ0v) is 12.9. The Labute approximate surface area is 117 Å². The first-order chi connectivity index (χ1) is 8.87. The first kappa shape index (κ1) is 14.5. The maximum Gasteiger partial charge on any atom is 0.0641 e. The van der Waals surface area contributed by atoms with Crippen molar-refractivity contribution < 1.29 is 4.74 Å². The summed E-state index contributed by atoms with van der Waals surface area (Å²) in [6.45, 7) is 11.9. The highest BCUT2D eigenvalue weighted by atomic mass is 16.5. The second-order valence-corrected chi connectivity index (χ2v) is 6.55. The maximum absolute atomic E-state index is 5.79. The fourth-order valence-corrected chi connectivity index (χ4v) is 3.04. The molecule has 0 bridgehead atoms. The smallest absolute Gasteiger partial charge is 0.0641 e. The lowest BCUT2D eigenvalue weighted by atomic mass is 9.92. The molecule has 1 aromatic carbocycles. The van der Waals surface area contributed by atoms with Crippen molar-refractivity contribution in [1.82, 2.24) is 5.32 Å². The van der Waals surface area contributed by atoms with E-state index in [2.05, 4.69) is 58.1 Å². The van der Waals surface area contributed by atoms with Gasteiger partial charge in [0.15, 0.2) is 0 Å². The molecule has 2 rings (SSSR count). The third kappa shape index (κ3) is 3.80. The molecule has 1 aromatic rings. The Balaban J connectivity index is 2.04. The van der Waals surface area contributed by atoms with E-state index in [-0.39, 0.29) is 5.60 Å². The summed E-state index contributed by atoms with van der Waals surface area (Å²) in [6.07, 6.45) is 2.20. The summed E-state index contributed by atoms with van der Waals surface area (Å²) in [5.74, 6) is 0. The number of ether oxygens (including phenoxy) is 1. The van der Waals surface area contributed by atoms with Crippen LogP contribution in [0.3, 0.4) is 0 Å². The first-order valence-electron chi connectivity index (χ1n) is 7.34. The predicted octanol–water partition coefficient (Wildman–Crippen LogP) is 3.91. The molecule has 0 amide bonds. The summed E-state index contributed by atoms with van der Waals surface area (Å²) >= 11 is 0. The fraction of sp³-hybridized carbons (Fsp3) is 0.647. The SMILES string of the molecule is Cc1ccc(C)c(C(C)NC2CCOC(C)(C)C2)c1. The number of hydrogen-bond acceptors (Lipinski definition) is 2. The largest absolute Gasteiger partial charge is 0.375 e. The summed E-state index contributed by atoms with van der Waals surface area (Å²) in [6, 6.07) is 7.66. The lowest BCUT2D eigenvalue weighted by Crippen LogP contribution is -2.44. The molecule has 106 valence electrons. The minimum absolute atomic E-state index is 0.0112. The molecule has 0 saturated carbocycles. The van der Waals surface area contributed by atoms with Crippen LogP contribution in [-0.4, -0.2) is 18.2 Å². The highest BCUT2D eigenvalue weighted by Crippen LogP contribution is 2.27. The lowest BCUT2D eigenvalue weighted by molar-refractivity contribution is -0.0640. The Morgan fingerprint density at radius 3 is 2.74 bits per heavy atom. The number of aryl methyl sites for hydroxylation is 2. The lowest BCUT2D eigenvalue weighted by Gasteiger charge is -2.37. The Hall–Kier alpha value is -0.860. The zero-order chi connectivity index (χ0) is 14.0. The molecular weight excluding hydrogens is 234 g/mol. The van der Waals surface area contributed by atoms with Crippen LogP contribution in [0, 0.1) is 13.8 Å². The standard InChI is InChI=1S/C17H27NO/c1-12-6-7-13(2)16(10-12)14(3)18-15-8-9-19-17(4,5)11-15/h6-7,10,14-15,18H,8-9,11H2,1-5H3. The van der Waals surface area contributed by atoms with Crippen LogP contribution < -0.4 is 5.32 Å². The van der Waals surface area contributed by atoms with E-state index in [0.717, 1.165) is 19.4 Å². The Morgan fingerprint density at radius 1 is 1.32 bits per heavy atom.